The van der Waals surface area contributed by atoms with Gasteiger partial charge in [0.05, 0.1) is 18.4 Å². The number of amides is 1. The van der Waals surface area contributed by atoms with E-state index in [-0.39, 0.29) is 23.5 Å². The third-order valence-electron chi connectivity index (χ3n) is 4.48. The molecule has 168 valence electrons. The Bertz CT molecular complexity index is 1100. The summed E-state index contributed by atoms with van der Waals surface area (Å²) in [5.74, 6) is 0.777. The van der Waals surface area contributed by atoms with Gasteiger partial charge in [0, 0.05) is 5.69 Å². The highest BCUT2D eigenvalue weighted by atomic mass is 32.2. The number of thioether (sulfide) groups is 1. The van der Waals surface area contributed by atoms with Crippen LogP contribution in [0.5, 0.6) is 5.75 Å². The SMILES string of the molecule is COC(=O)c1cccc(NC(=O)CSc2nnc(COc3cc(C)ccc3C(C)C)o2)c1. The van der Waals surface area contributed by atoms with E-state index in [1.54, 1.807) is 24.3 Å². The number of ether oxygens (including phenoxy) is 2. The molecule has 0 aliphatic rings. The summed E-state index contributed by atoms with van der Waals surface area (Å²) in [6.45, 7) is 6.36. The van der Waals surface area contributed by atoms with Crippen molar-refractivity contribution in [3.63, 3.8) is 0 Å². The molecule has 32 heavy (non-hydrogen) atoms. The summed E-state index contributed by atoms with van der Waals surface area (Å²) in [6.07, 6.45) is 0. The van der Waals surface area contributed by atoms with E-state index in [2.05, 4.69) is 46.2 Å². The summed E-state index contributed by atoms with van der Waals surface area (Å²) < 4.78 is 16.2. The molecule has 0 atom stereocenters. The van der Waals surface area contributed by atoms with Gasteiger partial charge in [0.2, 0.25) is 5.91 Å². The van der Waals surface area contributed by atoms with E-state index in [4.69, 9.17) is 9.15 Å². The van der Waals surface area contributed by atoms with Crippen LogP contribution in [0.4, 0.5) is 5.69 Å². The predicted molar refractivity (Wildman–Crippen MR) is 121 cm³/mol. The third-order valence-corrected chi connectivity index (χ3v) is 5.30. The summed E-state index contributed by atoms with van der Waals surface area (Å²) in [7, 11) is 1.30. The van der Waals surface area contributed by atoms with Crippen LogP contribution >= 0.6 is 11.8 Å². The van der Waals surface area contributed by atoms with Crippen LogP contribution in [0.1, 0.15) is 47.1 Å². The maximum Gasteiger partial charge on any atom is 0.337 e. The molecule has 0 spiro atoms. The fourth-order valence-corrected chi connectivity index (χ4v) is 3.48. The quantitative estimate of drug-likeness (QED) is 0.369. The van der Waals surface area contributed by atoms with Gasteiger partial charge in [-0.15, -0.1) is 10.2 Å². The lowest BCUT2D eigenvalue weighted by molar-refractivity contribution is -0.113. The fraction of sp³-hybridized carbons (Fsp3) is 0.304. The fourth-order valence-electron chi connectivity index (χ4n) is 2.90. The molecule has 0 radical (unpaired) electrons. The number of carbonyl (C=O) groups is 2. The van der Waals surface area contributed by atoms with Crippen molar-refractivity contribution in [2.45, 2.75) is 38.5 Å². The van der Waals surface area contributed by atoms with Gasteiger partial charge in [-0.3, -0.25) is 4.79 Å². The second-order valence-electron chi connectivity index (χ2n) is 7.36. The molecule has 0 saturated heterocycles. The molecule has 1 aromatic heterocycles. The number of methoxy groups -OCH3 is 1. The lowest BCUT2D eigenvalue weighted by Gasteiger charge is -2.13. The number of nitrogens with zero attached hydrogens (tertiary/aromatic N) is 2. The molecule has 3 aromatic rings. The van der Waals surface area contributed by atoms with E-state index in [9.17, 15) is 9.59 Å². The van der Waals surface area contributed by atoms with E-state index in [1.165, 1.54) is 7.11 Å². The first-order valence-corrected chi connectivity index (χ1v) is 11.0. The van der Waals surface area contributed by atoms with Crippen LogP contribution in [0.3, 0.4) is 0 Å². The second-order valence-corrected chi connectivity index (χ2v) is 8.28. The van der Waals surface area contributed by atoms with Gasteiger partial charge >= 0.3 is 5.97 Å². The van der Waals surface area contributed by atoms with Crippen molar-refractivity contribution in [1.29, 1.82) is 0 Å². The van der Waals surface area contributed by atoms with Crippen molar-refractivity contribution >= 4 is 29.3 Å². The Morgan fingerprint density at radius 2 is 1.97 bits per heavy atom. The molecule has 0 fully saturated rings. The van der Waals surface area contributed by atoms with Crippen molar-refractivity contribution in [3.8, 4) is 5.75 Å². The molecule has 0 bridgehead atoms. The van der Waals surface area contributed by atoms with Crippen LogP contribution in [0.2, 0.25) is 0 Å². The van der Waals surface area contributed by atoms with E-state index in [0.717, 1.165) is 28.6 Å². The number of esters is 1. The highest BCUT2D eigenvalue weighted by Gasteiger charge is 2.13. The number of benzene rings is 2. The lowest BCUT2D eigenvalue weighted by Crippen LogP contribution is -2.14. The van der Waals surface area contributed by atoms with Gasteiger partial charge in [0.1, 0.15) is 5.75 Å². The Morgan fingerprint density at radius 3 is 2.72 bits per heavy atom. The third kappa shape index (κ3) is 6.34. The maximum absolute atomic E-state index is 12.2. The summed E-state index contributed by atoms with van der Waals surface area (Å²) in [5, 5.41) is 10.9. The Labute approximate surface area is 190 Å². The number of aromatic nitrogens is 2. The van der Waals surface area contributed by atoms with E-state index >= 15 is 0 Å². The highest BCUT2D eigenvalue weighted by molar-refractivity contribution is 7.99. The van der Waals surface area contributed by atoms with Gasteiger partial charge < -0.3 is 19.2 Å². The molecule has 1 heterocycles. The van der Waals surface area contributed by atoms with Crippen LogP contribution in [0, 0.1) is 6.92 Å². The van der Waals surface area contributed by atoms with Crippen LogP contribution < -0.4 is 10.1 Å². The monoisotopic (exact) mass is 455 g/mol. The van der Waals surface area contributed by atoms with Crippen molar-refractivity contribution in [2.75, 3.05) is 18.2 Å². The number of hydrogen-bond donors (Lipinski definition) is 1. The molecule has 8 nitrogen and oxygen atoms in total. The Kier molecular flexibility index (Phi) is 7.88. The summed E-state index contributed by atoms with van der Waals surface area (Å²) in [6, 6.07) is 12.6. The zero-order chi connectivity index (χ0) is 23.1. The molecule has 9 heteroatoms. The number of rotatable bonds is 9. The molecule has 2 aromatic carbocycles. The molecule has 3 rings (SSSR count). The largest absolute Gasteiger partial charge is 0.484 e. The Balaban J connectivity index is 1.52. The van der Waals surface area contributed by atoms with Gasteiger partial charge in [-0.1, -0.05) is 43.8 Å². The minimum absolute atomic E-state index is 0.0698. The van der Waals surface area contributed by atoms with Crippen LogP contribution in [-0.4, -0.2) is 34.9 Å². The number of anilines is 1. The van der Waals surface area contributed by atoms with Crippen LogP contribution in [0.25, 0.3) is 0 Å². The molecule has 1 amide bonds. The average molecular weight is 456 g/mol. The number of aryl methyl sites for hydroxylation is 1. The molecule has 0 aliphatic heterocycles. The molecule has 0 unspecified atom stereocenters. The van der Waals surface area contributed by atoms with Crippen molar-refractivity contribution in [2.24, 2.45) is 0 Å². The minimum Gasteiger partial charge on any atom is -0.484 e. The van der Waals surface area contributed by atoms with Crippen molar-refractivity contribution in [1.82, 2.24) is 10.2 Å². The zero-order valence-corrected chi connectivity index (χ0v) is 19.2. The predicted octanol–water partition coefficient (Wildman–Crippen LogP) is 4.60. The lowest BCUT2D eigenvalue weighted by atomic mass is 10.0. The minimum atomic E-state index is -0.470. The maximum atomic E-state index is 12.2. The van der Waals surface area contributed by atoms with Gasteiger partial charge in [-0.05, 0) is 48.2 Å². The number of carbonyl (C=O) groups excluding carboxylic acids is 2. The van der Waals surface area contributed by atoms with Gasteiger partial charge in [-0.2, -0.15) is 0 Å². The standard InChI is InChI=1S/C23H25N3O5S/c1-14(2)18-9-8-15(3)10-19(18)30-12-21-25-26-23(31-21)32-13-20(27)24-17-7-5-6-16(11-17)22(28)29-4/h5-11,14H,12-13H2,1-4H3,(H,24,27). The molecular formula is C23H25N3O5S. The topological polar surface area (TPSA) is 104 Å². The first kappa shape index (κ1) is 23.3. The first-order valence-electron chi connectivity index (χ1n) is 10.0. The van der Waals surface area contributed by atoms with Crippen molar-refractivity contribution in [3.05, 3.63) is 65.0 Å². The number of hydrogen-bond acceptors (Lipinski definition) is 8. The summed E-state index contributed by atoms with van der Waals surface area (Å²) in [5.41, 5.74) is 3.07. The Morgan fingerprint density at radius 1 is 1.16 bits per heavy atom. The second kappa shape index (κ2) is 10.8. The van der Waals surface area contributed by atoms with E-state index in [1.807, 2.05) is 13.0 Å². The van der Waals surface area contributed by atoms with Gasteiger partial charge in [0.15, 0.2) is 6.61 Å². The zero-order valence-electron chi connectivity index (χ0n) is 18.4. The smallest absolute Gasteiger partial charge is 0.337 e. The molecule has 0 aliphatic carbocycles. The Hall–Kier alpha value is -3.33. The van der Waals surface area contributed by atoms with Crippen LogP contribution in [0.15, 0.2) is 52.1 Å². The molecule has 0 saturated carbocycles. The number of nitrogens with one attached hydrogen (secondary N) is 1. The normalized spacial score (nSPS) is 10.8. The average Bonchev–Trinajstić information content (AvgIpc) is 3.23. The van der Waals surface area contributed by atoms with E-state index in [0.29, 0.717) is 23.1 Å². The van der Waals surface area contributed by atoms with Crippen LogP contribution in [-0.2, 0) is 16.1 Å². The molecular weight excluding hydrogens is 430 g/mol. The van der Waals surface area contributed by atoms with E-state index < -0.39 is 5.97 Å². The summed E-state index contributed by atoms with van der Waals surface area (Å²) >= 11 is 1.12. The highest BCUT2D eigenvalue weighted by Crippen LogP contribution is 2.28. The summed E-state index contributed by atoms with van der Waals surface area (Å²) in [4.78, 5) is 23.8. The first-order chi connectivity index (χ1) is 15.4. The van der Waals surface area contributed by atoms with Gasteiger partial charge in [-0.25, -0.2) is 4.79 Å². The van der Waals surface area contributed by atoms with Crippen molar-refractivity contribution < 1.29 is 23.5 Å². The molecule has 1 N–H and O–H groups in total. The van der Waals surface area contributed by atoms with Gasteiger partial charge in [0.25, 0.3) is 11.1 Å².